The fraction of sp³-hybridized carbons (Fsp3) is 0.226. The molecule has 3 aromatic carbocycles. The maximum absolute atomic E-state index is 12.7. The summed E-state index contributed by atoms with van der Waals surface area (Å²) < 4.78 is 12.9. The van der Waals surface area contributed by atoms with Crippen molar-refractivity contribution in [2.24, 2.45) is 0 Å². The standard InChI is InChI=1S/C31H31ClN8O3/c1-38(14-15-39(2)31(41)35-23-9-4-3-5-10-23)30-36-28(33-17-21-12-13-25-26(16-21)43-20-42-25)27-29(37-30)40(19-34-27)18-22-8-6-7-11-24(22)32/h3-13,16,19H,14-15,17-18,20H2,1-2H3,(H,35,41)(H,33,36,37). The minimum Gasteiger partial charge on any atom is -0.454 e. The van der Waals surface area contributed by atoms with Gasteiger partial charge in [-0.15, -0.1) is 0 Å². The number of rotatable bonds is 10. The smallest absolute Gasteiger partial charge is 0.321 e. The van der Waals surface area contributed by atoms with Crippen LogP contribution in [0.4, 0.5) is 22.2 Å². The topological polar surface area (TPSA) is 110 Å². The van der Waals surface area contributed by atoms with Gasteiger partial charge in [0.15, 0.2) is 28.5 Å². The summed E-state index contributed by atoms with van der Waals surface area (Å²) in [5, 5.41) is 7.02. The van der Waals surface area contributed by atoms with E-state index in [2.05, 4.69) is 15.6 Å². The third kappa shape index (κ3) is 6.41. The molecule has 0 saturated carbocycles. The summed E-state index contributed by atoms with van der Waals surface area (Å²) in [6, 6.07) is 22.7. The highest BCUT2D eigenvalue weighted by molar-refractivity contribution is 6.31. The number of halogens is 1. The van der Waals surface area contributed by atoms with E-state index in [-0.39, 0.29) is 12.8 Å². The highest BCUT2D eigenvalue weighted by Crippen LogP contribution is 2.33. The Kier molecular flexibility index (Phi) is 8.14. The van der Waals surface area contributed by atoms with Gasteiger partial charge in [0.1, 0.15) is 0 Å². The average Bonchev–Trinajstić information content (AvgIpc) is 3.67. The number of imidazole rings is 1. The lowest BCUT2D eigenvalue weighted by Gasteiger charge is -2.23. The molecule has 5 aromatic rings. The van der Waals surface area contributed by atoms with Gasteiger partial charge in [0.05, 0.1) is 12.9 Å². The first-order chi connectivity index (χ1) is 20.9. The Balaban J connectivity index is 1.23. The first kappa shape index (κ1) is 28.1. The van der Waals surface area contributed by atoms with Crippen molar-refractivity contribution in [2.45, 2.75) is 13.1 Å². The van der Waals surface area contributed by atoms with Crippen LogP contribution in [0.2, 0.25) is 5.02 Å². The Morgan fingerprint density at radius 3 is 2.60 bits per heavy atom. The second-order valence-electron chi connectivity index (χ2n) is 10.2. The molecule has 0 fully saturated rings. The number of anilines is 3. The fourth-order valence-corrected chi connectivity index (χ4v) is 4.83. The van der Waals surface area contributed by atoms with E-state index < -0.39 is 0 Å². The van der Waals surface area contributed by atoms with Gasteiger partial charge in [-0.25, -0.2) is 9.78 Å². The van der Waals surface area contributed by atoms with Gasteiger partial charge in [0.25, 0.3) is 0 Å². The molecule has 0 atom stereocenters. The number of hydrogen-bond acceptors (Lipinski definition) is 8. The summed E-state index contributed by atoms with van der Waals surface area (Å²) in [4.78, 5) is 30.7. The maximum atomic E-state index is 12.7. The van der Waals surface area contributed by atoms with Crippen LogP contribution < -0.4 is 25.0 Å². The van der Waals surface area contributed by atoms with Gasteiger partial charge >= 0.3 is 6.03 Å². The number of carbonyl (C=O) groups is 1. The number of nitrogens with one attached hydrogen (secondary N) is 2. The van der Waals surface area contributed by atoms with Crippen LogP contribution in [0.25, 0.3) is 11.2 Å². The molecule has 0 bridgehead atoms. The number of aromatic nitrogens is 4. The van der Waals surface area contributed by atoms with Crippen LogP contribution >= 0.6 is 11.6 Å². The van der Waals surface area contributed by atoms with Crippen LogP contribution in [-0.4, -0.2) is 64.4 Å². The van der Waals surface area contributed by atoms with Crippen LogP contribution in [0.3, 0.4) is 0 Å². The van der Waals surface area contributed by atoms with Crippen LogP contribution in [-0.2, 0) is 13.1 Å². The zero-order valence-corrected chi connectivity index (χ0v) is 24.6. The number of para-hydroxylation sites is 1. The van der Waals surface area contributed by atoms with Gasteiger partial charge in [0.2, 0.25) is 12.7 Å². The summed E-state index contributed by atoms with van der Waals surface area (Å²) in [5.74, 6) is 2.55. The van der Waals surface area contributed by atoms with Gasteiger partial charge in [0, 0.05) is 44.4 Å². The Morgan fingerprint density at radius 1 is 0.977 bits per heavy atom. The minimum atomic E-state index is -0.195. The van der Waals surface area contributed by atoms with Crippen LogP contribution in [0.5, 0.6) is 11.5 Å². The first-order valence-electron chi connectivity index (χ1n) is 13.8. The van der Waals surface area contributed by atoms with E-state index in [0.717, 1.165) is 28.3 Å². The van der Waals surface area contributed by atoms with E-state index in [1.807, 2.05) is 89.3 Å². The van der Waals surface area contributed by atoms with Crippen molar-refractivity contribution in [3.8, 4) is 11.5 Å². The molecule has 43 heavy (non-hydrogen) atoms. The second kappa shape index (κ2) is 12.5. The molecular formula is C31H31ClN8O3. The molecule has 6 rings (SSSR count). The van der Waals surface area contributed by atoms with Gasteiger partial charge in [-0.3, -0.25) is 0 Å². The molecule has 2 amide bonds. The molecule has 0 radical (unpaired) electrons. The number of ether oxygens (including phenoxy) is 2. The molecule has 11 nitrogen and oxygen atoms in total. The molecule has 2 aromatic heterocycles. The van der Waals surface area contributed by atoms with Crippen molar-refractivity contribution in [3.05, 3.63) is 95.3 Å². The first-order valence-corrected chi connectivity index (χ1v) is 14.2. The summed E-state index contributed by atoms with van der Waals surface area (Å²) in [6.45, 7) is 2.17. The van der Waals surface area contributed by atoms with E-state index in [9.17, 15) is 4.79 Å². The number of benzene rings is 3. The van der Waals surface area contributed by atoms with E-state index in [0.29, 0.717) is 54.1 Å². The van der Waals surface area contributed by atoms with Gasteiger partial charge < -0.3 is 34.5 Å². The molecule has 0 aliphatic carbocycles. The van der Waals surface area contributed by atoms with Crippen molar-refractivity contribution >= 4 is 46.2 Å². The van der Waals surface area contributed by atoms with Crippen molar-refractivity contribution in [2.75, 3.05) is 49.5 Å². The van der Waals surface area contributed by atoms with Crippen molar-refractivity contribution in [1.82, 2.24) is 24.4 Å². The van der Waals surface area contributed by atoms with Crippen LogP contribution in [0.1, 0.15) is 11.1 Å². The largest absolute Gasteiger partial charge is 0.454 e. The monoisotopic (exact) mass is 598 g/mol. The molecule has 1 aliphatic heterocycles. The zero-order valence-electron chi connectivity index (χ0n) is 23.8. The van der Waals surface area contributed by atoms with Crippen molar-refractivity contribution in [3.63, 3.8) is 0 Å². The molecule has 12 heteroatoms. The van der Waals surface area contributed by atoms with E-state index in [4.69, 9.17) is 31.0 Å². The molecule has 0 unspecified atom stereocenters. The Bertz CT molecular complexity index is 1750. The number of fused-ring (bicyclic) bond motifs is 2. The highest BCUT2D eigenvalue weighted by Gasteiger charge is 2.19. The van der Waals surface area contributed by atoms with Crippen molar-refractivity contribution in [1.29, 1.82) is 0 Å². The number of likely N-dealkylation sites (N-methyl/N-ethyl adjacent to an activating group) is 2. The normalized spacial score (nSPS) is 11.9. The quantitative estimate of drug-likeness (QED) is 0.218. The lowest BCUT2D eigenvalue weighted by atomic mass is 10.2. The van der Waals surface area contributed by atoms with Gasteiger partial charge in [-0.2, -0.15) is 9.97 Å². The fourth-order valence-electron chi connectivity index (χ4n) is 4.63. The number of carbonyl (C=O) groups excluding carboxylic acids is 1. The average molecular weight is 599 g/mol. The maximum Gasteiger partial charge on any atom is 0.321 e. The lowest BCUT2D eigenvalue weighted by molar-refractivity contribution is 0.174. The summed E-state index contributed by atoms with van der Waals surface area (Å²) in [7, 11) is 3.66. The molecule has 2 N–H and O–H groups in total. The summed E-state index contributed by atoms with van der Waals surface area (Å²) in [6.07, 6.45) is 1.75. The molecule has 220 valence electrons. The molecule has 3 heterocycles. The van der Waals surface area contributed by atoms with E-state index in [1.54, 1.807) is 18.3 Å². The van der Waals surface area contributed by atoms with E-state index in [1.165, 1.54) is 0 Å². The van der Waals surface area contributed by atoms with Crippen LogP contribution in [0, 0.1) is 0 Å². The third-order valence-electron chi connectivity index (χ3n) is 7.13. The number of urea groups is 1. The summed E-state index contributed by atoms with van der Waals surface area (Å²) >= 11 is 6.47. The minimum absolute atomic E-state index is 0.195. The molecule has 0 saturated heterocycles. The van der Waals surface area contributed by atoms with Crippen molar-refractivity contribution < 1.29 is 14.3 Å². The predicted molar refractivity (Wildman–Crippen MR) is 167 cm³/mol. The molecule has 1 aliphatic rings. The van der Waals surface area contributed by atoms with Crippen LogP contribution in [0.15, 0.2) is 79.1 Å². The summed E-state index contributed by atoms with van der Waals surface area (Å²) in [5.41, 5.74) is 4.02. The highest BCUT2D eigenvalue weighted by atomic mass is 35.5. The number of nitrogens with zero attached hydrogens (tertiary/aromatic N) is 6. The van der Waals surface area contributed by atoms with E-state index >= 15 is 0 Å². The third-order valence-corrected chi connectivity index (χ3v) is 7.50. The Hall–Kier alpha value is -5.03. The lowest BCUT2D eigenvalue weighted by Crippen LogP contribution is -2.37. The SMILES string of the molecule is CN(CCN(C)c1nc(NCc2ccc3c(c2)OCO3)c2ncn(Cc3ccccc3Cl)c2n1)C(=O)Nc1ccccc1. The molecular weight excluding hydrogens is 568 g/mol. The zero-order chi connectivity index (χ0) is 29.8. The van der Waals surface area contributed by atoms with Gasteiger partial charge in [-0.05, 0) is 41.5 Å². The number of hydrogen-bond donors (Lipinski definition) is 2. The van der Waals surface area contributed by atoms with Gasteiger partial charge in [-0.1, -0.05) is 54.1 Å². The second-order valence-corrected chi connectivity index (χ2v) is 10.6. The predicted octanol–water partition coefficient (Wildman–Crippen LogP) is 5.47. The Labute approximate surface area is 254 Å². The molecule has 0 spiro atoms. The Morgan fingerprint density at radius 2 is 1.77 bits per heavy atom. The number of amides is 2.